The lowest BCUT2D eigenvalue weighted by atomic mass is 9.91. The van der Waals surface area contributed by atoms with Crippen LogP contribution in [0.5, 0.6) is 0 Å². The van der Waals surface area contributed by atoms with Crippen LogP contribution in [-0.2, 0) is 15.1 Å². The maximum absolute atomic E-state index is 12.1. The molecule has 0 heterocycles. The zero-order chi connectivity index (χ0) is 14.6. The van der Waals surface area contributed by atoms with Gasteiger partial charge in [-0.1, -0.05) is 37.0 Å². The van der Waals surface area contributed by atoms with E-state index in [1.807, 2.05) is 0 Å². The Balaban J connectivity index is 3.22. The van der Waals surface area contributed by atoms with Crippen LogP contribution in [0.15, 0.2) is 18.2 Å². The number of halogens is 2. The average molecular weight is 304 g/mol. The van der Waals surface area contributed by atoms with Crippen LogP contribution in [0.1, 0.15) is 26.3 Å². The summed E-state index contributed by atoms with van der Waals surface area (Å²) in [6.45, 7) is 6.53. The van der Waals surface area contributed by atoms with Crippen LogP contribution >= 0.6 is 23.2 Å². The van der Waals surface area contributed by atoms with Gasteiger partial charge in [-0.15, -0.1) is 0 Å². The second-order valence-corrected chi connectivity index (χ2v) is 5.86. The molecule has 1 rings (SSSR count). The van der Waals surface area contributed by atoms with Gasteiger partial charge < -0.3 is 4.74 Å². The molecule has 0 aliphatic rings. The summed E-state index contributed by atoms with van der Waals surface area (Å²) in [5.41, 5.74) is -0.393. The molecule has 1 N–H and O–H groups in total. The predicted octanol–water partition coefficient (Wildman–Crippen LogP) is 3.63. The summed E-state index contributed by atoms with van der Waals surface area (Å²) in [6, 6.07) is 5.05. The van der Waals surface area contributed by atoms with Crippen LogP contribution < -0.4 is 5.32 Å². The van der Waals surface area contributed by atoms with Gasteiger partial charge in [-0.05, 0) is 37.6 Å². The molecular weight excluding hydrogens is 285 g/mol. The number of carbonyl (C=O) groups excluding carboxylic acids is 1. The highest BCUT2D eigenvalue weighted by Gasteiger charge is 2.38. The van der Waals surface area contributed by atoms with Crippen molar-refractivity contribution in [3.63, 3.8) is 0 Å². The van der Waals surface area contributed by atoms with Gasteiger partial charge >= 0.3 is 5.97 Å². The number of esters is 1. The van der Waals surface area contributed by atoms with E-state index in [0.29, 0.717) is 28.1 Å². The quantitative estimate of drug-likeness (QED) is 0.844. The van der Waals surface area contributed by atoms with E-state index in [-0.39, 0.29) is 0 Å². The fraction of sp³-hybridized carbons (Fsp3) is 0.500. The molecule has 1 unspecified atom stereocenters. The van der Waals surface area contributed by atoms with E-state index in [2.05, 4.69) is 19.2 Å². The van der Waals surface area contributed by atoms with Crippen molar-refractivity contribution in [2.75, 3.05) is 13.7 Å². The van der Waals surface area contributed by atoms with Crippen LogP contribution in [0, 0.1) is 5.92 Å². The molecule has 0 aromatic heterocycles. The first-order valence-corrected chi connectivity index (χ1v) is 6.85. The molecule has 19 heavy (non-hydrogen) atoms. The molecule has 0 aliphatic carbocycles. The third-order valence-electron chi connectivity index (χ3n) is 2.92. The van der Waals surface area contributed by atoms with Crippen molar-refractivity contribution < 1.29 is 9.53 Å². The maximum atomic E-state index is 12.1. The molecule has 1 atom stereocenters. The first kappa shape index (κ1) is 16.3. The summed E-state index contributed by atoms with van der Waals surface area (Å²) in [5, 5.41) is 4.22. The summed E-state index contributed by atoms with van der Waals surface area (Å²) in [4.78, 5) is 12.1. The Morgan fingerprint density at radius 3 is 2.58 bits per heavy atom. The number of hydrogen-bond donors (Lipinski definition) is 1. The summed E-state index contributed by atoms with van der Waals surface area (Å²) in [6.07, 6.45) is 0. The van der Waals surface area contributed by atoms with Crippen LogP contribution in [0.4, 0.5) is 0 Å². The van der Waals surface area contributed by atoms with Gasteiger partial charge in [-0.2, -0.15) is 0 Å². The van der Waals surface area contributed by atoms with Crippen molar-refractivity contribution in [3.05, 3.63) is 33.8 Å². The molecular formula is C14H19Cl2NO2. The van der Waals surface area contributed by atoms with Gasteiger partial charge in [0.05, 0.1) is 7.11 Å². The minimum Gasteiger partial charge on any atom is -0.467 e. The SMILES string of the molecule is COC(=O)C(C)(NCC(C)C)c1cc(Cl)ccc1Cl. The van der Waals surface area contributed by atoms with Crippen molar-refractivity contribution in [2.45, 2.75) is 26.3 Å². The monoisotopic (exact) mass is 303 g/mol. The van der Waals surface area contributed by atoms with Crippen molar-refractivity contribution in [3.8, 4) is 0 Å². The number of carbonyl (C=O) groups is 1. The molecule has 0 aliphatic heterocycles. The van der Waals surface area contributed by atoms with Crippen LogP contribution in [0.3, 0.4) is 0 Å². The van der Waals surface area contributed by atoms with E-state index in [0.717, 1.165) is 0 Å². The molecule has 0 saturated carbocycles. The first-order valence-electron chi connectivity index (χ1n) is 6.10. The maximum Gasteiger partial charge on any atom is 0.330 e. The second-order valence-electron chi connectivity index (χ2n) is 5.02. The summed E-state index contributed by atoms with van der Waals surface area (Å²) < 4.78 is 4.89. The Bertz CT molecular complexity index is 463. The highest BCUT2D eigenvalue weighted by molar-refractivity contribution is 6.33. The van der Waals surface area contributed by atoms with E-state index < -0.39 is 11.5 Å². The lowest BCUT2D eigenvalue weighted by molar-refractivity contribution is -0.148. The van der Waals surface area contributed by atoms with Crippen molar-refractivity contribution >= 4 is 29.2 Å². The fourth-order valence-corrected chi connectivity index (χ4v) is 2.25. The molecule has 5 heteroatoms. The molecule has 0 radical (unpaired) electrons. The lowest BCUT2D eigenvalue weighted by Crippen LogP contribution is -2.48. The second kappa shape index (κ2) is 6.60. The standard InChI is InChI=1S/C14H19Cl2NO2/c1-9(2)8-17-14(3,13(18)19-4)11-7-10(15)5-6-12(11)16/h5-7,9,17H,8H2,1-4H3. The topological polar surface area (TPSA) is 38.3 Å². The van der Waals surface area contributed by atoms with E-state index in [1.54, 1.807) is 25.1 Å². The minimum atomic E-state index is -1.01. The van der Waals surface area contributed by atoms with Gasteiger partial charge in [0.15, 0.2) is 0 Å². The highest BCUT2D eigenvalue weighted by Crippen LogP contribution is 2.31. The first-order chi connectivity index (χ1) is 8.81. The van der Waals surface area contributed by atoms with E-state index in [1.165, 1.54) is 7.11 Å². The Kier molecular flexibility index (Phi) is 5.65. The molecule has 1 aromatic carbocycles. The van der Waals surface area contributed by atoms with E-state index in [9.17, 15) is 4.79 Å². The largest absolute Gasteiger partial charge is 0.467 e. The van der Waals surface area contributed by atoms with Crippen molar-refractivity contribution in [1.82, 2.24) is 5.32 Å². The van der Waals surface area contributed by atoms with Gasteiger partial charge in [0.25, 0.3) is 0 Å². The van der Waals surface area contributed by atoms with Gasteiger partial charge in [0, 0.05) is 15.6 Å². The Morgan fingerprint density at radius 1 is 1.42 bits per heavy atom. The zero-order valence-corrected chi connectivity index (χ0v) is 13.1. The normalized spacial score (nSPS) is 14.3. The summed E-state index contributed by atoms with van der Waals surface area (Å²) in [7, 11) is 1.36. The molecule has 0 amide bonds. The molecule has 1 aromatic rings. The summed E-state index contributed by atoms with van der Waals surface area (Å²) in [5.74, 6) is -0.000688. The highest BCUT2D eigenvalue weighted by atomic mass is 35.5. The summed E-state index contributed by atoms with van der Waals surface area (Å²) >= 11 is 12.2. The van der Waals surface area contributed by atoms with E-state index >= 15 is 0 Å². The molecule has 0 bridgehead atoms. The number of methoxy groups -OCH3 is 1. The van der Waals surface area contributed by atoms with Crippen molar-refractivity contribution in [2.24, 2.45) is 5.92 Å². The smallest absolute Gasteiger partial charge is 0.330 e. The third-order valence-corrected chi connectivity index (χ3v) is 3.49. The van der Waals surface area contributed by atoms with Crippen LogP contribution in [0.25, 0.3) is 0 Å². The molecule has 3 nitrogen and oxygen atoms in total. The minimum absolute atomic E-state index is 0.391. The Morgan fingerprint density at radius 2 is 2.05 bits per heavy atom. The van der Waals surface area contributed by atoms with E-state index in [4.69, 9.17) is 27.9 Å². The third kappa shape index (κ3) is 3.85. The number of nitrogens with one attached hydrogen (secondary N) is 1. The number of rotatable bonds is 5. The van der Waals surface area contributed by atoms with Gasteiger partial charge in [-0.25, -0.2) is 4.79 Å². The molecule has 106 valence electrons. The van der Waals surface area contributed by atoms with Gasteiger partial charge in [0.1, 0.15) is 5.54 Å². The predicted molar refractivity (Wildman–Crippen MR) is 78.7 cm³/mol. The van der Waals surface area contributed by atoms with Gasteiger partial charge in [-0.3, -0.25) is 5.32 Å². The number of benzene rings is 1. The van der Waals surface area contributed by atoms with Crippen LogP contribution in [0.2, 0.25) is 10.0 Å². The van der Waals surface area contributed by atoms with Gasteiger partial charge in [0.2, 0.25) is 0 Å². The van der Waals surface area contributed by atoms with Crippen molar-refractivity contribution in [1.29, 1.82) is 0 Å². The molecule has 0 spiro atoms. The van der Waals surface area contributed by atoms with Crippen LogP contribution in [-0.4, -0.2) is 19.6 Å². The Labute approximate surface area is 124 Å². The lowest BCUT2D eigenvalue weighted by Gasteiger charge is -2.30. The zero-order valence-electron chi connectivity index (χ0n) is 11.6. The molecule has 0 saturated heterocycles. The Hall–Kier alpha value is -0.770. The fourth-order valence-electron chi connectivity index (χ4n) is 1.77. The number of ether oxygens (including phenoxy) is 1. The number of hydrogen-bond acceptors (Lipinski definition) is 3. The molecule has 0 fully saturated rings. The average Bonchev–Trinajstić information content (AvgIpc) is 2.37.